The van der Waals surface area contributed by atoms with Crippen LogP contribution < -0.4 is 21.3 Å². The van der Waals surface area contributed by atoms with Gasteiger partial charge in [-0.1, -0.05) is 23.7 Å². The highest BCUT2D eigenvalue weighted by atomic mass is 35.5. The predicted octanol–water partition coefficient (Wildman–Crippen LogP) is 4.18. The van der Waals surface area contributed by atoms with Crippen molar-refractivity contribution in [3.05, 3.63) is 96.5 Å². The SMILES string of the molecule is COc1nc(-c2ccc(F)c(-c3cccc(NC(=O)c4cn(C)c(=O)n(C)c4=O)c3C)c2Cl)cc2c1[C@@H](N1CC(C(=O)O)C1)CC2. The molecule has 13 heteroatoms. The number of benzene rings is 2. The third-order valence-electron chi connectivity index (χ3n) is 8.93. The number of aromatic nitrogens is 3. The Morgan fingerprint density at radius 2 is 1.87 bits per heavy atom. The smallest absolute Gasteiger partial charge is 0.330 e. The molecule has 11 nitrogen and oxygen atoms in total. The number of rotatable bonds is 7. The lowest BCUT2D eigenvalue weighted by molar-refractivity contribution is -0.148. The molecule has 6 rings (SSSR count). The van der Waals surface area contributed by atoms with Crippen LogP contribution in [0.4, 0.5) is 10.1 Å². The van der Waals surface area contributed by atoms with Crippen LogP contribution in [0.25, 0.3) is 22.4 Å². The second-order valence-electron chi connectivity index (χ2n) is 11.6. The van der Waals surface area contributed by atoms with Crippen LogP contribution in [0.1, 0.15) is 39.5 Å². The van der Waals surface area contributed by atoms with Gasteiger partial charge in [0.1, 0.15) is 11.4 Å². The van der Waals surface area contributed by atoms with Gasteiger partial charge in [0.05, 0.1) is 23.7 Å². The van der Waals surface area contributed by atoms with Crippen molar-refractivity contribution in [2.24, 2.45) is 20.0 Å². The van der Waals surface area contributed by atoms with E-state index in [1.54, 1.807) is 31.2 Å². The monoisotopic (exact) mass is 647 g/mol. The van der Waals surface area contributed by atoms with Gasteiger partial charge in [0, 0.05) is 61.8 Å². The first-order chi connectivity index (χ1) is 21.9. The zero-order chi connectivity index (χ0) is 33.0. The van der Waals surface area contributed by atoms with Crippen molar-refractivity contribution in [2.75, 3.05) is 25.5 Å². The lowest BCUT2D eigenvalue weighted by Crippen LogP contribution is -2.51. The molecule has 1 fully saturated rings. The summed E-state index contributed by atoms with van der Waals surface area (Å²) >= 11 is 6.93. The molecule has 2 N–H and O–H groups in total. The van der Waals surface area contributed by atoms with E-state index in [0.717, 1.165) is 33.1 Å². The number of halogens is 2. The van der Waals surface area contributed by atoms with Crippen LogP contribution in [0.3, 0.4) is 0 Å². The van der Waals surface area contributed by atoms with Crippen LogP contribution in [0.5, 0.6) is 5.88 Å². The van der Waals surface area contributed by atoms with Crippen molar-refractivity contribution >= 4 is 29.2 Å². The Bertz CT molecular complexity index is 2050. The topological polar surface area (TPSA) is 136 Å². The van der Waals surface area contributed by atoms with Gasteiger partial charge in [-0.05, 0) is 60.7 Å². The third-order valence-corrected chi connectivity index (χ3v) is 9.32. The number of nitrogens with zero attached hydrogens (tertiary/aromatic N) is 4. The minimum Gasteiger partial charge on any atom is -0.481 e. The van der Waals surface area contributed by atoms with Gasteiger partial charge in [-0.25, -0.2) is 14.2 Å². The Morgan fingerprint density at radius 3 is 2.57 bits per heavy atom. The Labute approximate surface area is 267 Å². The Kier molecular flexibility index (Phi) is 8.03. The average Bonchev–Trinajstić information content (AvgIpc) is 3.41. The molecule has 238 valence electrons. The number of fused-ring (bicyclic) bond motifs is 1. The standard InChI is InChI=1S/C33H31ClFN5O6/c1-16-19(6-5-7-23(16)36-29(41)21-15-38(2)33(45)39(3)31(21)42)27-22(35)10-9-20(28(27)34)24-12-17-8-11-25(26(17)30(37-24)46-4)40-13-18(14-40)32(43)44/h5-7,9-10,12,15,18,25H,8,11,13-14H2,1-4H3,(H,36,41)(H,43,44)/t25-/m0/s1. The van der Waals surface area contributed by atoms with E-state index in [4.69, 9.17) is 21.3 Å². The summed E-state index contributed by atoms with van der Waals surface area (Å²) in [5.41, 5.74) is 2.78. The van der Waals surface area contributed by atoms with Crippen molar-refractivity contribution in [1.29, 1.82) is 0 Å². The van der Waals surface area contributed by atoms with Crippen LogP contribution in [0.15, 0.2) is 52.2 Å². The van der Waals surface area contributed by atoms with Crippen molar-refractivity contribution in [3.8, 4) is 28.3 Å². The molecule has 4 aromatic rings. The van der Waals surface area contributed by atoms with Gasteiger partial charge in [-0.15, -0.1) is 0 Å². The summed E-state index contributed by atoms with van der Waals surface area (Å²) in [6.45, 7) is 2.64. The molecule has 2 aliphatic rings. The molecule has 0 unspecified atom stereocenters. The van der Waals surface area contributed by atoms with Crippen LogP contribution in [0.2, 0.25) is 5.02 Å². The number of pyridine rings is 1. The highest BCUT2D eigenvalue weighted by Gasteiger charge is 2.41. The van der Waals surface area contributed by atoms with Crippen LogP contribution in [-0.2, 0) is 25.3 Å². The zero-order valence-electron chi connectivity index (χ0n) is 25.6. The van der Waals surface area contributed by atoms with E-state index in [0.29, 0.717) is 47.0 Å². The number of carboxylic acid groups (broad SMARTS) is 1. The molecule has 3 heterocycles. The molecule has 0 radical (unpaired) electrons. The van der Waals surface area contributed by atoms with Crippen molar-refractivity contribution < 1.29 is 23.8 Å². The lowest BCUT2D eigenvalue weighted by atomic mass is 9.94. The number of nitrogens with one attached hydrogen (secondary N) is 1. The number of aryl methyl sites for hydroxylation is 2. The van der Waals surface area contributed by atoms with E-state index >= 15 is 4.39 Å². The molecule has 1 aliphatic heterocycles. The minimum atomic E-state index is -0.796. The van der Waals surface area contributed by atoms with E-state index in [2.05, 4.69) is 10.2 Å². The zero-order valence-corrected chi connectivity index (χ0v) is 26.3. The summed E-state index contributed by atoms with van der Waals surface area (Å²) < 4.78 is 23.2. The second-order valence-corrected chi connectivity index (χ2v) is 12.0. The molecule has 1 saturated heterocycles. The second kappa shape index (κ2) is 11.8. The molecule has 46 heavy (non-hydrogen) atoms. The van der Waals surface area contributed by atoms with Gasteiger partial charge < -0.3 is 19.7 Å². The Hall–Kier alpha value is -4.81. The van der Waals surface area contributed by atoms with E-state index in [-0.39, 0.29) is 28.1 Å². The molecule has 1 amide bonds. The van der Waals surface area contributed by atoms with E-state index < -0.39 is 28.9 Å². The maximum atomic E-state index is 15.5. The minimum absolute atomic E-state index is 0.00269. The highest BCUT2D eigenvalue weighted by molar-refractivity contribution is 6.36. The first kappa shape index (κ1) is 31.2. The summed E-state index contributed by atoms with van der Waals surface area (Å²) in [6, 6.07) is 9.74. The van der Waals surface area contributed by atoms with Crippen molar-refractivity contribution in [1.82, 2.24) is 19.0 Å². The first-order valence-electron chi connectivity index (χ1n) is 14.6. The molecular formula is C33H31ClFN5O6. The van der Waals surface area contributed by atoms with Crippen LogP contribution in [-0.4, -0.2) is 56.2 Å². The normalized spacial score (nSPS) is 16.2. The predicted molar refractivity (Wildman–Crippen MR) is 170 cm³/mol. The number of likely N-dealkylation sites (tertiary alicyclic amines) is 1. The van der Waals surface area contributed by atoms with E-state index in [1.807, 2.05) is 6.07 Å². The third kappa shape index (κ3) is 5.17. The van der Waals surface area contributed by atoms with Crippen LogP contribution in [0, 0.1) is 18.7 Å². The molecule has 1 aliphatic carbocycles. The molecule has 0 spiro atoms. The molecular weight excluding hydrogens is 617 g/mol. The molecule has 1 atom stereocenters. The molecule has 0 saturated carbocycles. The molecule has 2 aromatic heterocycles. The number of methoxy groups -OCH3 is 1. The summed E-state index contributed by atoms with van der Waals surface area (Å²) in [5, 5.41) is 12.1. The van der Waals surface area contributed by atoms with Crippen molar-refractivity contribution in [3.63, 3.8) is 0 Å². The van der Waals surface area contributed by atoms with Gasteiger partial charge in [0.2, 0.25) is 5.88 Å². The fourth-order valence-electron chi connectivity index (χ4n) is 6.36. The maximum absolute atomic E-state index is 15.5. The van der Waals surface area contributed by atoms with Gasteiger partial charge in [-0.3, -0.25) is 23.9 Å². The molecule has 2 aromatic carbocycles. The molecule has 0 bridgehead atoms. The fraction of sp³-hybridized carbons (Fsp3) is 0.303. The number of ether oxygens (including phenoxy) is 1. The Balaban J connectivity index is 1.35. The number of hydrogen-bond acceptors (Lipinski definition) is 7. The summed E-state index contributed by atoms with van der Waals surface area (Å²) in [6.07, 6.45) is 2.72. The lowest BCUT2D eigenvalue weighted by Gasteiger charge is -2.41. The van der Waals surface area contributed by atoms with E-state index in [9.17, 15) is 24.3 Å². The average molecular weight is 648 g/mol. The van der Waals surface area contributed by atoms with Gasteiger partial charge in [-0.2, -0.15) is 0 Å². The number of carbonyl (C=O) groups is 2. The number of aliphatic carboxylic acids is 1. The number of anilines is 1. The largest absolute Gasteiger partial charge is 0.481 e. The van der Waals surface area contributed by atoms with E-state index in [1.165, 1.54) is 33.5 Å². The number of amides is 1. The maximum Gasteiger partial charge on any atom is 0.330 e. The summed E-state index contributed by atoms with van der Waals surface area (Å²) in [7, 11) is 4.26. The highest BCUT2D eigenvalue weighted by Crippen LogP contribution is 2.46. The quantitative estimate of drug-likeness (QED) is 0.305. The summed E-state index contributed by atoms with van der Waals surface area (Å²) in [4.78, 5) is 56.0. The Morgan fingerprint density at radius 1 is 1.13 bits per heavy atom. The number of hydrogen-bond donors (Lipinski definition) is 2. The summed E-state index contributed by atoms with van der Waals surface area (Å²) in [5.74, 6) is -2.06. The first-order valence-corrected chi connectivity index (χ1v) is 15.0. The van der Waals surface area contributed by atoms with Crippen molar-refractivity contribution in [2.45, 2.75) is 25.8 Å². The fourth-order valence-corrected chi connectivity index (χ4v) is 6.71. The number of carbonyl (C=O) groups excluding carboxylic acids is 1. The van der Waals surface area contributed by atoms with Crippen LogP contribution >= 0.6 is 11.6 Å². The van der Waals surface area contributed by atoms with Gasteiger partial charge >= 0.3 is 11.7 Å². The van der Waals surface area contributed by atoms with Gasteiger partial charge in [0.25, 0.3) is 11.5 Å². The number of carboxylic acids is 1. The van der Waals surface area contributed by atoms with Gasteiger partial charge in [0.15, 0.2) is 0 Å².